The van der Waals surface area contributed by atoms with Gasteiger partial charge in [0.25, 0.3) is 0 Å². The van der Waals surface area contributed by atoms with Gasteiger partial charge in [0, 0.05) is 5.33 Å². The molecule has 0 amide bonds. The van der Waals surface area contributed by atoms with Gasteiger partial charge in [0.05, 0.1) is 12.2 Å². The van der Waals surface area contributed by atoms with E-state index >= 15 is 0 Å². The minimum Gasteiger partial charge on any atom is -0.543 e. The van der Waals surface area contributed by atoms with Crippen molar-refractivity contribution in [3.63, 3.8) is 0 Å². The molecule has 1 aromatic carbocycles. The summed E-state index contributed by atoms with van der Waals surface area (Å²) < 4.78 is 11.4. The molecular formula is C16H25BrO3Si. The predicted octanol–water partition coefficient (Wildman–Crippen LogP) is 5.14. The van der Waals surface area contributed by atoms with Crippen molar-refractivity contribution in [2.75, 3.05) is 6.61 Å². The van der Waals surface area contributed by atoms with Crippen molar-refractivity contribution in [1.82, 2.24) is 0 Å². The predicted molar refractivity (Wildman–Crippen MR) is 92.9 cm³/mol. The number of carbonyl (C=O) groups excluding carboxylic acids is 1. The lowest BCUT2D eigenvalue weighted by Crippen LogP contribution is -2.43. The summed E-state index contributed by atoms with van der Waals surface area (Å²) in [6.45, 7) is 13.1. The summed E-state index contributed by atoms with van der Waals surface area (Å²) in [6.07, 6.45) is 0. The highest BCUT2D eigenvalue weighted by atomic mass is 79.9. The molecule has 0 aliphatic heterocycles. The third-order valence-electron chi connectivity index (χ3n) is 3.90. The molecule has 0 unspecified atom stereocenters. The van der Waals surface area contributed by atoms with Crippen molar-refractivity contribution in [1.29, 1.82) is 0 Å². The number of ether oxygens (including phenoxy) is 1. The fourth-order valence-corrected chi connectivity index (χ4v) is 3.09. The summed E-state index contributed by atoms with van der Waals surface area (Å²) >= 11 is 3.41. The van der Waals surface area contributed by atoms with Crippen LogP contribution in [0, 0.1) is 0 Å². The molecule has 21 heavy (non-hydrogen) atoms. The van der Waals surface area contributed by atoms with Crippen LogP contribution in [-0.2, 0) is 10.1 Å². The van der Waals surface area contributed by atoms with Gasteiger partial charge in [-0.2, -0.15) is 0 Å². The fraction of sp³-hybridized carbons (Fsp3) is 0.562. The smallest absolute Gasteiger partial charge is 0.338 e. The number of hydrogen-bond donors (Lipinski definition) is 0. The Morgan fingerprint density at radius 3 is 2.38 bits per heavy atom. The van der Waals surface area contributed by atoms with Crippen LogP contribution in [-0.4, -0.2) is 20.9 Å². The third-order valence-corrected chi connectivity index (χ3v) is 8.86. The Morgan fingerprint density at radius 2 is 1.90 bits per heavy atom. The summed E-state index contributed by atoms with van der Waals surface area (Å²) in [6, 6.07) is 5.65. The second-order valence-electron chi connectivity index (χ2n) is 6.54. The molecule has 118 valence electrons. The van der Waals surface area contributed by atoms with E-state index in [0.29, 0.717) is 17.5 Å². The van der Waals surface area contributed by atoms with Crippen LogP contribution in [0.3, 0.4) is 0 Å². The number of carbonyl (C=O) groups is 1. The van der Waals surface area contributed by atoms with Crippen LogP contribution in [0.5, 0.6) is 5.75 Å². The Morgan fingerprint density at radius 1 is 1.29 bits per heavy atom. The van der Waals surface area contributed by atoms with Crippen LogP contribution in [0.25, 0.3) is 0 Å². The van der Waals surface area contributed by atoms with Crippen LogP contribution in [0.1, 0.15) is 43.6 Å². The summed E-state index contributed by atoms with van der Waals surface area (Å²) in [5, 5.41) is 0.729. The van der Waals surface area contributed by atoms with Crippen LogP contribution in [0.15, 0.2) is 18.2 Å². The van der Waals surface area contributed by atoms with Gasteiger partial charge in [-0.25, -0.2) is 4.79 Å². The molecule has 0 heterocycles. The molecule has 0 N–H and O–H groups in total. The molecule has 0 aromatic heterocycles. The number of benzene rings is 1. The quantitative estimate of drug-likeness (QED) is 0.407. The molecule has 5 heteroatoms. The number of alkyl halides is 1. The number of rotatable bonds is 5. The zero-order chi connectivity index (χ0) is 16.3. The zero-order valence-corrected chi connectivity index (χ0v) is 16.3. The first-order valence-corrected chi connectivity index (χ1v) is 11.2. The average molecular weight is 373 g/mol. The van der Waals surface area contributed by atoms with E-state index in [9.17, 15) is 4.79 Å². The maximum absolute atomic E-state index is 12.1. The first kappa shape index (κ1) is 18.2. The number of halogens is 1. The Hall–Kier alpha value is -0.813. The van der Waals surface area contributed by atoms with Gasteiger partial charge >= 0.3 is 5.97 Å². The maximum Gasteiger partial charge on any atom is 0.338 e. The van der Waals surface area contributed by atoms with Crippen molar-refractivity contribution >= 4 is 30.2 Å². The second-order valence-corrected chi connectivity index (χ2v) is 11.8. The van der Waals surface area contributed by atoms with Gasteiger partial charge in [0.15, 0.2) is 0 Å². The highest BCUT2D eigenvalue weighted by Crippen LogP contribution is 2.37. The van der Waals surface area contributed by atoms with Crippen LogP contribution in [0.4, 0.5) is 0 Å². The van der Waals surface area contributed by atoms with E-state index < -0.39 is 8.32 Å². The zero-order valence-electron chi connectivity index (χ0n) is 13.7. The Kier molecular flexibility index (Phi) is 6.05. The molecular weight excluding hydrogens is 348 g/mol. The Balaban J connectivity index is 3.11. The fourth-order valence-electron chi connectivity index (χ4n) is 1.58. The van der Waals surface area contributed by atoms with Crippen LogP contribution in [0.2, 0.25) is 18.1 Å². The summed E-state index contributed by atoms with van der Waals surface area (Å²) in [5.41, 5.74) is 1.49. The van der Waals surface area contributed by atoms with Gasteiger partial charge in [0.2, 0.25) is 8.32 Å². The molecule has 0 saturated carbocycles. The molecule has 0 radical (unpaired) electrons. The van der Waals surface area contributed by atoms with Crippen LogP contribution < -0.4 is 4.43 Å². The molecule has 0 aliphatic carbocycles. The van der Waals surface area contributed by atoms with Gasteiger partial charge in [-0.1, -0.05) is 42.8 Å². The second kappa shape index (κ2) is 6.96. The minimum absolute atomic E-state index is 0.116. The van der Waals surface area contributed by atoms with Gasteiger partial charge in [0.1, 0.15) is 5.75 Å². The first-order chi connectivity index (χ1) is 9.62. The van der Waals surface area contributed by atoms with E-state index in [0.717, 1.165) is 11.3 Å². The van der Waals surface area contributed by atoms with Gasteiger partial charge in [-0.05, 0) is 42.8 Å². The molecule has 0 saturated heterocycles. The summed E-state index contributed by atoms with van der Waals surface area (Å²) in [4.78, 5) is 12.1. The lowest BCUT2D eigenvalue weighted by molar-refractivity contribution is 0.0525. The third kappa shape index (κ3) is 4.58. The van der Waals surface area contributed by atoms with Gasteiger partial charge < -0.3 is 9.16 Å². The Bertz CT molecular complexity index is 507. The van der Waals surface area contributed by atoms with E-state index in [-0.39, 0.29) is 11.0 Å². The van der Waals surface area contributed by atoms with E-state index in [1.54, 1.807) is 6.07 Å². The van der Waals surface area contributed by atoms with Gasteiger partial charge in [-0.3, -0.25) is 0 Å². The topological polar surface area (TPSA) is 35.5 Å². The largest absolute Gasteiger partial charge is 0.543 e. The normalized spacial score (nSPS) is 12.1. The van der Waals surface area contributed by atoms with E-state index in [4.69, 9.17) is 9.16 Å². The van der Waals surface area contributed by atoms with Crippen molar-refractivity contribution in [2.24, 2.45) is 0 Å². The first-order valence-electron chi connectivity index (χ1n) is 7.17. The standard InChI is InChI=1S/C16H25BrO3Si/c1-7-19-15(18)14-10-13(9-8-12(14)11-17)20-21(5,6)16(2,3)4/h8-10H,7,11H2,1-6H3. The van der Waals surface area contributed by atoms with E-state index in [1.807, 2.05) is 19.1 Å². The Labute approximate surface area is 137 Å². The van der Waals surface area contributed by atoms with E-state index in [2.05, 4.69) is 49.8 Å². The number of esters is 1. The highest BCUT2D eigenvalue weighted by Gasteiger charge is 2.39. The molecule has 0 atom stereocenters. The van der Waals surface area contributed by atoms with Crippen molar-refractivity contribution in [3.8, 4) is 5.75 Å². The van der Waals surface area contributed by atoms with Crippen LogP contribution >= 0.6 is 15.9 Å². The van der Waals surface area contributed by atoms with E-state index in [1.165, 1.54) is 0 Å². The molecule has 3 nitrogen and oxygen atoms in total. The molecule has 0 spiro atoms. The lowest BCUT2D eigenvalue weighted by atomic mass is 10.1. The van der Waals surface area contributed by atoms with Crippen molar-refractivity contribution in [3.05, 3.63) is 29.3 Å². The monoisotopic (exact) mass is 372 g/mol. The minimum atomic E-state index is -1.91. The lowest BCUT2D eigenvalue weighted by Gasteiger charge is -2.36. The summed E-state index contributed by atoms with van der Waals surface area (Å²) in [5.74, 6) is 0.446. The molecule has 1 rings (SSSR count). The average Bonchev–Trinajstić information content (AvgIpc) is 2.37. The highest BCUT2D eigenvalue weighted by molar-refractivity contribution is 9.08. The van der Waals surface area contributed by atoms with Crippen molar-refractivity contribution in [2.45, 2.75) is 51.2 Å². The molecule has 0 bridgehead atoms. The molecule has 0 fully saturated rings. The molecule has 0 aliphatic rings. The molecule has 1 aromatic rings. The number of hydrogen-bond acceptors (Lipinski definition) is 3. The SMILES string of the molecule is CCOC(=O)c1cc(O[Si](C)(C)C(C)(C)C)ccc1CBr. The van der Waals surface area contributed by atoms with Crippen molar-refractivity contribution < 1.29 is 14.0 Å². The van der Waals surface area contributed by atoms with Gasteiger partial charge in [-0.15, -0.1) is 0 Å². The maximum atomic E-state index is 12.1. The summed E-state index contributed by atoms with van der Waals surface area (Å²) in [7, 11) is -1.91.